The first-order valence-electron chi connectivity index (χ1n) is 5.53. The highest BCUT2D eigenvalue weighted by atomic mass is 19.1. The number of benzene rings is 2. The molecular formula is C13H7F2NO5. The second-order valence-corrected chi connectivity index (χ2v) is 3.93. The summed E-state index contributed by atoms with van der Waals surface area (Å²) in [6, 6.07) is 5.87. The Morgan fingerprint density at radius 2 is 1.67 bits per heavy atom. The predicted molar refractivity (Wildman–Crippen MR) is 66.5 cm³/mol. The van der Waals surface area contributed by atoms with Gasteiger partial charge in [-0.05, 0) is 24.3 Å². The van der Waals surface area contributed by atoms with Crippen molar-refractivity contribution in [3.63, 3.8) is 0 Å². The summed E-state index contributed by atoms with van der Waals surface area (Å²) in [6.07, 6.45) is 0. The highest BCUT2D eigenvalue weighted by molar-refractivity contribution is 5.87. The Labute approximate surface area is 116 Å². The standard InChI is InChI=1S/C13H7F2NO5/c14-10-5-8(16(19)20)6-11(15)12(10)21-9-3-1-7(2-4-9)13(17)18/h1-6H,(H,17,18). The minimum atomic E-state index is -1.23. The molecule has 0 atom stereocenters. The lowest BCUT2D eigenvalue weighted by Crippen LogP contribution is -1.98. The third-order valence-electron chi connectivity index (χ3n) is 2.52. The van der Waals surface area contributed by atoms with E-state index in [1.165, 1.54) is 24.3 Å². The number of carbonyl (C=O) groups is 1. The summed E-state index contributed by atoms with van der Waals surface area (Å²) in [5, 5.41) is 19.2. The molecule has 0 saturated heterocycles. The van der Waals surface area contributed by atoms with Crippen molar-refractivity contribution in [2.45, 2.75) is 0 Å². The third kappa shape index (κ3) is 3.11. The van der Waals surface area contributed by atoms with E-state index in [0.29, 0.717) is 12.1 Å². The van der Waals surface area contributed by atoms with Gasteiger partial charge in [-0.15, -0.1) is 0 Å². The largest absolute Gasteiger partial charge is 0.478 e. The number of nitrogens with zero attached hydrogens (tertiary/aromatic N) is 1. The molecule has 21 heavy (non-hydrogen) atoms. The minimum absolute atomic E-state index is 0.00773. The molecule has 0 aliphatic carbocycles. The van der Waals surface area contributed by atoms with Crippen LogP contribution in [0, 0.1) is 21.7 Å². The second-order valence-electron chi connectivity index (χ2n) is 3.93. The number of rotatable bonds is 4. The van der Waals surface area contributed by atoms with E-state index >= 15 is 0 Å². The van der Waals surface area contributed by atoms with Crippen molar-refractivity contribution >= 4 is 11.7 Å². The van der Waals surface area contributed by atoms with Crippen LogP contribution >= 0.6 is 0 Å². The van der Waals surface area contributed by atoms with Gasteiger partial charge in [0.2, 0.25) is 0 Å². The van der Waals surface area contributed by atoms with E-state index in [2.05, 4.69) is 0 Å². The molecule has 0 aromatic heterocycles. The van der Waals surface area contributed by atoms with Gasteiger partial charge < -0.3 is 9.84 Å². The van der Waals surface area contributed by atoms with Crippen molar-refractivity contribution in [3.05, 3.63) is 63.7 Å². The van der Waals surface area contributed by atoms with Crippen LogP contribution in [0.1, 0.15) is 10.4 Å². The van der Waals surface area contributed by atoms with Crippen LogP contribution in [-0.2, 0) is 0 Å². The van der Waals surface area contributed by atoms with Gasteiger partial charge in [-0.2, -0.15) is 0 Å². The molecule has 0 unspecified atom stereocenters. The van der Waals surface area contributed by atoms with Crippen molar-refractivity contribution in [2.24, 2.45) is 0 Å². The molecule has 0 amide bonds. The summed E-state index contributed by atoms with van der Waals surface area (Å²) in [5.74, 6) is -4.43. The van der Waals surface area contributed by atoms with Crippen molar-refractivity contribution in [2.75, 3.05) is 0 Å². The average Bonchev–Trinajstić information content (AvgIpc) is 2.43. The fraction of sp³-hybridized carbons (Fsp3) is 0. The molecule has 108 valence electrons. The molecule has 0 spiro atoms. The number of aromatic carboxylic acids is 1. The van der Waals surface area contributed by atoms with E-state index in [-0.39, 0.29) is 11.3 Å². The maximum atomic E-state index is 13.6. The van der Waals surface area contributed by atoms with Crippen molar-refractivity contribution in [3.8, 4) is 11.5 Å². The summed E-state index contributed by atoms with van der Waals surface area (Å²) in [7, 11) is 0. The zero-order chi connectivity index (χ0) is 15.6. The summed E-state index contributed by atoms with van der Waals surface area (Å²) in [5.41, 5.74) is -0.759. The number of halogens is 2. The fourth-order valence-electron chi connectivity index (χ4n) is 1.53. The lowest BCUT2D eigenvalue weighted by atomic mass is 10.2. The molecule has 0 aliphatic rings. The van der Waals surface area contributed by atoms with Crippen LogP contribution in [0.15, 0.2) is 36.4 Å². The number of nitro groups is 1. The van der Waals surface area contributed by atoms with Crippen LogP contribution in [-0.4, -0.2) is 16.0 Å². The normalized spacial score (nSPS) is 10.2. The average molecular weight is 295 g/mol. The predicted octanol–water partition coefficient (Wildman–Crippen LogP) is 3.36. The van der Waals surface area contributed by atoms with Gasteiger partial charge in [-0.1, -0.05) is 0 Å². The number of non-ortho nitro benzene ring substituents is 1. The minimum Gasteiger partial charge on any atom is -0.478 e. The molecule has 0 bridgehead atoms. The molecular weight excluding hydrogens is 288 g/mol. The Morgan fingerprint density at radius 1 is 1.14 bits per heavy atom. The zero-order valence-electron chi connectivity index (χ0n) is 10.2. The van der Waals surface area contributed by atoms with E-state index in [4.69, 9.17) is 9.84 Å². The molecule has 2 aromatic carbocycles. The van der Waals surface area contributed by atoms with Gasteiger partial charge in [0.15, 0.2) is 17.4 Å². The van der Waals surface area contributed by atoms with E-state index in [9.17, 15) is 23.7 Å². The first-order valence-corrected chi connectivity index (χ1v) is 5.53. The number of ether oxygens (including phenoxy) is 1. The number of carboxylic acids is 1. The van der Waals surface area contributed by atoms with Gasteiger partial charge in [-0.25, -0.2) is 13.6 Å². The molecule has 0 heterocycles. The molecule has 6 nitrogen and oxygen atoms in total. The van der Waals surface area contributed by atoms with Crippen LogP contribution in [0.2, 0.25) is 0 Å². The van der Waals surface area contributed by atoms with Crippen molar-refractivity contribution < 1.29 is 28.3 Å². The van der Waals surface area contributed by atoms with Crippen molar-refractivity contribution in [1.82, 2.24) is 0 Å². The van der Waals surface area contributed by atoms with Crippen LogP contribution in [0.5, 0.6) is 11.5 Å². The van der Waals surface area contributed by atoms with E-state index < -0.39 is 34.0 Å². The Kier molecular flexibility index (Phi) is 3.79. The maximum absolute atomic E-state index is 13.6. The molecule has 8 heteroatoms. The maximum Gasteiger partial charge on any atom is 0.335 e. The molecule has 2 aromatic rings. The van der Waals surface area contributed by atoms with E-state index in [1.54, 1.807) is 0 Å². The van der Waals surface area contributed by atoms with E-state index in [1.807, 2.05) is 0 Å². The highest BCUT2D eigenvalue weighted by Crippen LogP contribution is 2.30. The monoisotopic (exact) mass is 295 g/mol. The highest BCUT2D eigenvalue weighted by Gasteiger charge is 2.19. The van der Waals surface area contributed by atoms with Crippen molar-refractivity contribution in [1.29, 1.82) is 0 Å². The van der Waals surface area contributed by atoms with Gasteiger partial charge in [0, 0.05) is 0 Å². The summed E-state index contributed by atoms with van der Waals surface area (Å²) in [4.78, 5) is 20.2. The smallest absolute Gasteiger partial charge is 0.335 e. The Morgan fingerprint density at radius 3 is 2.10 bits per heavy atom. The molecule has 1 N–H and O–H groups in total. The van der Waals surface area contributed by atoms with Gasteiger partial charge in [0.1, 0.15) is 5.75 Å². The van der Waals surface area contributed by atoms with Gasteiger partial charge in [0.05, 0.1) is 22.6 Å². The molecule has 0 radical (unpaired) electrons. The zero-order valence-corrected chi connectivity index (χ0v) is 10.2. The first-order chi connectivity index (χ1) is 9.88. The second kappa shape index (κ2) is 5.53. The Hall–Kier alpha value is -3.03. The fourth-order valence-corrected chi connectivity index (χ4v) is 1.53. The number of carboxylic acid groups (broad SMARTS) is 1. The van der Waals surface area contributed by atoms with Gasteiger partial charge >= 0.3 is 5.97 Å². The Balaban J connectivity index is 2.31. The topological polar surface area (TPSA) is 89.7 Å². The lowest BCUT2D eigenvalue weighted by molar-refractivity contribution is -0.385. The third-order valence-corrected chi connectivity index (χ3v) is 2.52. The van der Waals surface area contributed by atoms with Crippen LogP contribution in [0.3, 0.4) is 0 Å². The molecule has 2 rings (SSSR count). The quantitative estimate of drug-likeness (QED) is 0.690. The Bertz CT molecular complexity index is 692. The number of hydrogen-bond donors (Lipinski definition) is 1. The van der Waals surface area contributed by atoms with Crippen LogP contribution in [0.4, 0.5) is 14.5 Å². The first kappa shape index (κ1) is 14.4. The van der Waals surface area contributed by atoms with Crippen LogP contribution < -0.4 is 4.74 Å². The van der Waals surface area contributed by atoms with E-state index in [0.717, 1.165) is 0 Å². The summed E-state index contributed by atoms with van der Waals surface area (Å²) in [6.45, 7) is 0. The SMILES string of the molecule is O=C(O)c1ccc(Oc2c(F)cc([N+](=O)[O-])cc2F)cc1. The molecule has 0 saturated carbocycles. The van der Waals surface area contributed by atoms with Crippen LogP contribution in [0.25, 0.3) is 0 Å². The molecule has 0 fully saturated rings. The lowest BCUT2D eigenvalue weighted by Gasteiger charge is -2.08. The summed E-state index contributed by atoms with van der Waals surface area (Å²) < 4.78 is 32.1. The number of hydrogen-bond acceptors (Lipinski definition) is 4. The molecule has 0 aliphatic heterocycles. The van der Waals surface area contributed by atoms with Gasteiger partial charge in [0.25, 0.3) is 5.69 Å². The summed E-state index contributed by atoms with van der Waals surface area (Å²) >= 11 is 0. The van der Waals surface area contributed by atoms with Gasteiger partial charge in [-0.3, -0.25) is 10.1 Å². The number of nitro benzene ring substituents is 1.